The molecule has 0 aliphatic heterocycles. The second-order valence-corrected chi connectivity index (χ2v) is 10.3. The number of benzene rings is 2. The maximum absolute atomic E-state index is 12.7. The highest BCUT2D eigenvalue weighted by molar-refractivity contribution is 6.13. The number of rotatable bonds is 6. The molecule has 0 saturated heterocycles. The minimum absolute atomic E-state index is 0.0522. The topological polar surface area (TPSA) is 55.7 Å². The fraction of sp³-hybridized carbons (Fsp3) is 0.433. The van der Waals surface area contributed by atoms with Crippen molar-refractivity contribution in [2.24, 2.45) is 22.2 Å². The Morgan fingerprint density at radius 2 is 1.65 bits per heavy atom. The smallest absolute Gasteiger partial charge is 0.307 e. The van der Waals surface area contributed by atoms with Crippen molar-refractivity contribution in [3.63, 3.8) is 0 Å². The SMILES string of the molecule is COC(=O)CC(C)(N=C(c1ccccc1)c1ccccc1)C1CCC2=CC(=O)CC[C@@]2(C)[C@@H]1C. The van der Waals surface area contributed by atoms with Crippen molar-refractivity contribution in [3.05, 3.63) is 83.4 Å². The summed E-state index contributed by atoms with van der Waals surface area (Å²) in [5.41, 5.74) is 3.52. The number of nitrogens with zero attached hydrogens (tertiary/aromatic N) is 1. The molecule has 4 rings (SSSR count). The van der Waals surface area contributed by atoms with Gasteiger partial charge in [0, 0.05) is 17.5 Å². The molecule has 0 aromatic heterocycles. The second-order valence-electron chi connectivity index (χ2n) is 10.3. The number of methoxy groups -OCH3 is 1. The van der Waals surface area contributed by atoms with Crippen molar-refractivity contribution in [1.29, 1.82) is 0 Å². The average molecular weight is 458 g/mol. The molecule has 4 nitrogen and oxygen atoms in total. The first-order chi connectivity index (χ1) is 16.3. The molecule has 1 saturated carbocycles. The third-order valence-electron chi connectivity index (χ3n) is 8.28. The number of hydrogen-bond acceptors (Lipinski definition) is 4. The van der Waals surface area contributed by atoms with Gasteiger partial charge in [-0.1, -0.05) is 80.1 Å². The van der Waals surface area contributed by atoms with Crippen LogP contribution in [0.5, 0.6) is 0 Å². The van der Waals surface area contributed by atoms with E-state index in [0.29, 0.717) is 6.42 Å². The number of allylic oxidation sites excluding steroid dienone is 2. The third-order valence-corrected chi connectivity index (χ3v) is 8.28. The maximum atomic E-state index is 12.7. The van der Waals surface area contributed by atoms with E-state index in [-0.39, 0.29) is 35.4 Å². The minimum Gasteiger partial charge on any atom is -0.469 e. The monoisotopic (exact) mass is 457 g/mol. The van der Waals surface area contributed by atoms with E-state index in [0.717, 1.165) is 36.1 Å². The van der Waals surface area contributed by atoms with Crippen LogP contribution in [0.15, 0.2) is 77.3 Å². The van der Waals surface area contributed by atoms with Crippen LogP contribution in [0.3, 0.4) is 0 Å². The van der Waals surface area contributed by atoms with E-state index >= 15 is 0 Å². The molecule has 0 heterocycles. The minimum atomic E-state index is -0.649. The summed E-state index contributed by atoms with van der Waals surface area (Å²) in [6.45, 7) is 6.69. The molecule has 0 N–H and O–H groups in total. The Balaban J connectivity index is 1.83. The van der Waals surface area contributed by atoms with Crippen LogP contribution in [0.4, 0.5) is 0 Å². The van der Waals surface area contributed by atoms with Gasteiger partial charge >= 0.3 is 5.97 Å². The van der Waals surface area contributed by atoms with Crippen LogP contribution in [0, 0.1) is 17.3 Å². The third kappa shape index (κ3) is 4.64. The van der Waals surface area contributed by atoms with Crippen molar-refractivity contribution in [2.45, 2.75) is 58.4 Å². The Hall–Kier alpha value is -3.01. The maximum Gasteiger partial charge on any atom is 0.307 e. The molecular formula is C30H35NO3. The summed E-state index contributed by atoms with van der Waals surface area (Å²) in [6.07, 6.45) is 5.32. The Kier molecular flexibility index (Phi) is 6.88. The molecule has 2 aliphatic carbocycles. The van der Waals surface area contributed by atoms with Gasteiger partial charge in [0.05, 0.1) is 24.8 Å². The van der Waals surface area contributed by atoms with Crippen LogP contribution in [0.2, 0.25) is 0 Å². The van der Waals surface area contributed by atoms with E-state index in [4.69, 9.17) is 9.73 Å². The summed E-state index contributed by atoms with van der Waals surface area (Å²) in [5.74, 6) is 0.435. The first kappa shape index (κ1) is 24.1. The van der Waals surface area contributed by atoms with Crippen molar-refractivity contribution < 1.29 is 14.3 Å². The van der Waals surface area contributed by atoms with Gasteiger partial charge in [-0.3, -0.25) is 14.6 Å². The van der Waals surface area contributed by atoms with Gasteiger partial charge < -0.3 is 4.74 Å². The first-order valence-electron chi connectivity index (χ1n) is 12.3. The van der Waals surface area contributed by atoms with Crippen LogP contribution in [-0.4, -0.2) is 30.1 Å². The molecule has 178 valence electrons. The molecule has 1 fully saturated rings. The molecule has 34 heavy (non-hydrogen) atoms. The zero-order valence-corrected chi connectivity index (χ0v) is 20.7. The second kappa shape index (κ2) is 9.69. The molecule has 4 atom stereocenters. The lowest BCUT2D eigenvalue weighted by Crippen LogP contribution is -2.49. The van der Waals surface area contributed by atoms with Gasteiger partial charge in [0.15, 0.2) is 5.78 Å². The van der Waals surface area contributed by atoms with E-state index in [1.165, 1.54) is 12.7 Å². The standard InChI is InChI=1S/C30H35NO3/c1-21-26(16-15-24-19-25(32)17-18-29(21,24)2)30(3,20-27(33)34-4)31-28(22-11-7-5-8-12-22)23-13-9-6-10-14-23/h5-14,19,21,26H,15-18,20H2,1-4H3/t21-,26?,29+,30?/m1/s1. The molecule has 0 radical (unpaired) electrons. The van der Waals surface area contributed by atoms with Crippen LogP contribution in [0.1, 0.15) is 64.0 Å². The summed E-state index contributed by atoms with van der Waals surface area (Å²) < 4.78 is 5.15. The first-order valence-corrected chi connectivity index (χ1v) is 12.3. The average Bonchev–Trinajstić information content (AvgIpc) is 2.85. The van der Waals surface area contributed by atoms with Crippen LogP contribution in [0.25, 0.3) is 0 Å². The molecule has 2 aromatic rings. The van der Waals surface area contributed by atoms with Gasteiger partial charge in [-0.05, 0) is 49.5 Å². The zero-order valence-electron chi connectivity index (χ0n) is 20.7. The number of carbonyl (C=O) groups is 2. The van der Waals surface area contributed by atoms with Gasteiger partial charge in [-0.2, -0.15) is 0 Å². The Bertz CT molecular complexity index is 1060. The molecule has 2 unspecified atom stereocenters. The van der Waals surface area contributed by atoms with Gasteiger partial charge in [0.2, 0.25) is 0 Å². The Morgan fingerprint density at radius 3 is 2.21 bits per heavy atom. The number of esters is 1. The molecule has 2 aromatic carbocycles. The van der Waals surface area contributed by atoms with Crippen molar-refractivity contribution in [1.82, 2.24) is 0 Å². The predicted octanol–water partition coefficient (Wildman–Crippen LogP) is 6.19. The number of ketones is 1. The zero-order chi connectivity index (χ0) is 24.3. The van der Waals surface area contributed by atoms with Crippen molar-refractivity contribution in [2.75, 3.05) is 7.11 Å². The number of carbonyl (C=O) groups excluding carboxylic acids is 2. The number of ether oxygens (including phenoxy) is 1. The predicted molar refractivity (Wildman–Crippen MR) is 136 cm³/mol. The van der Waals surface area contributed by atoms with E-state index in [2.05, 4.69) is 45.0 Å². The highest BCUT2D eigenvalue weighted by Gasteiger charge is 2.51. The summed E-state index contributed by atoms with van der Waals surface area (Å²) in [7, 11) is 1.45. The van der Waals surface area contributed by atoms with E-state index < -0.39 is 5.54 Å². The van der Waals surface area contributed by atoms with Gasteiger partial charge in [-0.25, -0.2) is 0 Å². The summed E-state index contributed by atoms with van der Waals surface area (Å²) in [5, 5.41) is 0. The molecule has 0 amide bonds. The summed E-state index contributed by atoms with van der Waals surface area (Å²) in [4.78, 5) is 30.2. The lowest BCUT2D eigenvalue weighted by atomic mass is 9.53. The van der Waals surface area contributed by atoms with Gasteiger partial charge in [-0.15, -0.1) is 0 Å². The number of hydrogen-bond donors (Lipinski definition) is 0. The number of aliphatic imine (C=N–C) groups is 1. The van der Waals surface area contributed by atoms with Gasteiger partial charge in [0.1, 0.15) is 0 Å². The molecule has 4 heteroatoms. The van der Waals surface area contributed by atoms with Crippen molar-refractivity contribution in [3.8, 4) is 0 Å². The fourth-order valence-electron chi connectivity index (χ4n) is 6.07. The number of fused-ring (bicyclic) bond motifs is 1. The lowest BCUT2D eigenvalue weighted by Gasteiger charge is -2.52. The highest BCUT2D eigenvalue weighted by Crippen LogP contribution is 2.56. The van der Waals surface area contributed by atoms with Crippen LogP contribution < -0.4 is 0 Å². The lowest BCUT2D eigenvalue weighted by molar-refractivity contribution is -0.142. The molecule has 0 spiro atoms. The van der Waals surface area contributed by atoms with Gasteiger partial charge in [0.25, 0.3) is 0 Å². The highest BCUT2D eigenvalue weighted by atomic mass is 16.5. The largest absolute Gasteiger partial charge is 0.469 e. The molecule has 2 aliphatic rings. The summed E-state index contributed by atoms with van der Waals surface area (Å²) >= 11 is 0. The van der Waals surface area contributed by atoms with Crippen LogP contribution in [-0.2, 0) is 14.3 Å². The Morgan fingerprint density at radius 1 is 1.06 bits per heavy atom. The quantitative estimate of drug-likeness (QED) is 0.384. The summed E-state index contributed by atoms with van der Waals surface area (Å²) in [6, 6.07) is 20.4. The molecular weight excluding hydrogens is 422 g/mol. The van der Waals surface area contributed by atoms with E-state index in [1.807, 2.05) is 42.5 Å². The normalized spacial score (nSPS) is 26.0. The van der Waals surface area contributed by atoms with Crippen LogP contribution >= 0.6 is 0 Å². The van der Waals surface area contributed by atoms with Crippen molar-refractivity contribution >= 4 is 17.5 Å². The molecule has 0 bridgehead atoms. The fourth-order valence-corrected chi connectivity index (χ4v) is 6.07. The van der Waals surface area contributed by atoms with E-state index in [1.54, 1.807) is 0 Å². The van der Waals surface area contributed by atoms with E-state index in [9.17, 15) is 9.59 Å². The Labute approximate surface area is 203 Å².